The second-order valence-electron chi connectivity index (χ2n) is 6.10. The standard InChI is InChI=1S/C16H28/c1-2-3-4-5-6-7-8-11-16-12-9-15(14-16)10-13-16/h9,12,15H,2-8,10-11,13-14H2,1H3. The SMILES string of the molecule is CCCCCCCCCC12C=CC(CC1)C2. The third-order valence-electron chi connectivity index (χ3n) is 4.68. The molecule has 0 aromatic carbocycles. The smallest absolute Gasteiger partial charge is 0.0112 e. The molecule has 0 aromatic heterocycles. The first-order valence-electron chi connectivity index (χ1n) is 7.54. The van der Waals surface area contributed by atoms with Crippen molar-refractivity contribution in [2.24, 2.45) is 11.3 Å². The summed E-state index contributed by atoms with van der Waals surface area (Å²) >= 11 is 0. The van der Waals surface area contributed by atoms with Crippen molar-refractivity contribution in [3.8, 4) is 0 Å². The third kappa shape index (κ3) is 3.12. The van der Waals surface area contributed by atoms with Crippen molar-refractivity contribution in [1.29, 1.82) is 0 Å². The molecule has 2 aliphatic rings. The van der Waals surface area contributed by atoms with Crippen LogP contribution in [0.25, 0.3) is 0 Å². The van der Waals surface area contributed by atoms with Crippen LogP contribution in [0.4, 0.5) is 0 Å². The Kier molecular flexibility index (Phi) is 4.49. The van der Waals surface area contributed by atoms with Crippen molar-refractivity contribution in [2.45, 2.75) is 77.6 Å². The molecule has 1 saturated carbocycles. The molecule has 0 N–H and O–H groups in total. The highest BCUT2D eigenvalue weighted by atomic mass is 14.4. The molecule has 92 valence electrons. The summed E-state index contributed by atoms with van der Waals surface area (Å²) in [4.78, 5) is 0. The Hall–Kier alpha value is -0.260. The van der Waals surface area contributed by atoms with Crippen molar-refractivity contribution >= 4 is 0 Å². The van der Waals surface area contributed by atoms with Crippen molar-refractivity contribution in [2.75, 3.05) is 0 Å². The topological polar surface area (TPSA) is 0 Å². The van der Waals surface area contributed by atoms with Crippen molar-refractivity contribution in [3.05, 3.63) is 12.2 Å². The zero-order valence-electron chi connectivity index (χ0n) is 11.0. The van der Waals surface area contributed by atoms with Crippen LogP contribution in [0.2, 0.25) is 0 Å². The second-order valence-corrected chi connectivity index (χ2v) is 6.10. The van der Waals surface area contributed by atoms with Gasteiger partial charge in [-0.25, -0.2) is 0 Å². The van der Waals surface area contributed by atoms with E-state index in [4.69, 9.17) is 0 Å². The predicted molar refractivity (Wildman–Crippen MR) is 71.5 cm³/mol. The Morgan fingerprint density at radius 1 is 1.06 bits per heavy atom. The Morgan fingerprint density at radius 3 is 2.38 bits per heavy atom. The predicted octanol–water partition coefficient (Wildman–Crippen LogP) is 5.48. The van der Waals surface area contributed by atoms with Gasteiger partial charge in [-0.15, -0.1) is 0 Å². The summed E-state index contributed by atoms with van der Waals surface area (Å²) in [7, 11) is 0. The van der Waals surface area contributed by atoms with Gasteiger partial charge >= 0.3 is 0 Å². The van der Waals surface area contributed by atoms with Crippen LogP contribution in [-0.2, 0) is 0 Å². The second kappa shape index (κ2) is 5.89. The molecular weight excluding hydrogens is 192 g/mol. The summed E-state index contributed by atoms with van der Waals surface area (Å²) in [5.74, 6) is 0.963. The van der Waals surface area contributed by atoms with Gasteiger partial charge in [0, 0.05) is 0 Å². The van der Waals surface area contributed by atoms with E-state index in [1.165, 1.54) is 70.6 Å². The molecule has 0 aliphatic heterocycles. The maximum Gasteiger partial charge on any atom is -0.0112 e. The molecule has 0 nitrogen and oxygen atoms in total. The lowest BCUT2D eigenvalue weighted by Crippen LogP contribution is -2.10. The van der Waals surface area contributed by atoms with E-state index < -0.39 is 0 Å². The molecule has 0 radical (unpaired) electrons. The first kappa shape index (κ1) is 12.2. The van der Waals surface area contributed by atoms with Crippen molar-refractivity contribution in [3.63, 3.8) is 0 Å². The Bertz CT molecular complexity index is 228. The van der Waals surface area contributed by atoms with E-state index in [1.54, 1.807) is 0 Å². The van der Waals surface area contributed by atoms with Gasteiger partial charge in [0.25, 0.3) is 0 Å². The van der Waals surface area contributed by atoms with Gasteiger partial charge in [0.05, 0.1) is 0 Å². The van der Waals surface area contributed by atoms with E-state index in [2.05, 4.69) is 19.1 Å². The summed E-state index contributed by atoms with van der Waals surface area (Å²) in [5.41, 5.74) is 0.675. The molecule has 0 saturated heterocycles. The first-order valence-corrected chi connectivity index (χ1v) is 7.54. The van der Waals surface area contributed by atoms with E-state index in [0.717, 1.165) is 5.92 Å². The molecule has 2 rings (SSSR count). The van der Waals surface area contributed by atoms with Gasteiger partial charge < -0.3 is 0 Å². The quantitative estimate of drug-likeness (QED) is 0.375. The van der Waals surface area contributed by atoms with E-state index >= 15 is 0 Å². The minimum Gasteiger partial charge on any atom is -0.0848 e. The van der Waals surface area contributed by atoms with Crippen LogP contribution in [0.15, 0.2) is 12.2 Å². The number of hydrogen-bond donors (Lipinski definition) is 0. The maximum atomic E-state index is 2.55. The molecule has 0 amide bonds. The van der Waals surface area contributed by atoms with Crippen LogP contribution in [0, 0.1) is 11.3 Å². The lowest BCUT2D eigenvalue weighted by molar-refractivity contribution is 0.350. The fraction of sp³-hybridized carbons (Fsp3) is 0.875. The average molecular weight is 220 g/mol. The average Bonchev–Trinajstić information content (AvgIpc) is 2.88. The molecule has 1 fully saturated rings. The molecule has 0 heterocycles. The van der Waals surface area contributed by atoms with E-state index in [-0.39, 0.29) is 0 Å². The Balaban J connectivity index is 1.50. The minimum absolute atomic E-state index is 0.675. The van der Waals surface area contributed by atoms with Gasteiger partial charge in [0.2, 0.25) is 0 Å². The van der Waals surface area contributed by atoms with E-state index in [9.17, 15) is 0 Å². The molecule has 0 aromatic rings. The Morgan fingerprint density at radius 2 is 1.81 bits per heavy atom. The summed E-state index contributed by atoms with van der Waals surface area (Å²) in [6.07, 6.45) is 21.2. The third-order valence-corrected chi connectivity index (χ3v) is 4.68. The highest BCUT2D eigenvalue weighted by molar-refractivity contribution is 5.15. The number of hydrogen-bond acceptors (Lipinski definition) is 0. The first-order chi connectivity index (χ1) is 7.85. The minimum atomic E-state index is 0.675. The van der Waals surface area contributed by atoms with Gasteiger partial charge in [0.1, 0.15) is 0 Å². The lowest BCUT2D eigenvalue weighted by atomic mass is 9.82. The van der Waals surface area contributed by atoms with Gasteiger partial charge in [0.15, 0.2) is 0 Å². The van der Waals surface area contributed by atoms with Gasteiger partial charge in [-0.05, 0) is 37.0 Å². The van der Waals surface area contributed by atoms with Crippen LogP contribution in [0.1, 0.15) is 77.6 Å². The van der Waals surface area contributed by atoms with Gasteiger partial charge in [-0.3, -0.25) is 0 Å². The molecule has 0 spiro atoms. The summed E-state index contributed by atoms with van der Waals surface area (Å²) in [6.45, 7) is 2.29. The van der Waals surface area contributed by atoms with Crippen molar-refractivity contribution < 1.29 is 0 Å². The number of fused-ring (bicyclic) bond motifs is 2. The number of rotatable bonds is 8. The lowest BCUT2D eigenvalue weighted by Gasteiger charge is -2.23. The molecule has 2 atom stereocenters. The Labute approximate surface area is 102 Å². The van der Waals surface area contributed by atoms with Crippen LogP contribution in [0.3, 0.4) is 0 Å². The summed E-state index contributed by atoms with van der Waals surface area (Å²) < 4.78 is 0. The van der Waals surface area contributed by atoms with E-state index in [1.807, 2.05) is 0 Å². The number of allylic oxidation sites excluding steroid dienone is 2. The number of unbranched alkanes of at least 4 members (excludes halogenated alkanes) is 6. The molecule has 0 heteroatoms. The fourth-order valence-electron chi connectivity index (χ4n) is 3.60. The van der Waals surface area contributed by atoms with Gasteiger partial charge in [-0.1, -0.05) is 64.0 Å². The van der Waals surface area contributed by atoms with Crippen LogP contribution in [-0.4, -0.2) is 0 Å². The highest BCUT2D eigenvalue weighted by Gasteiger charge is 2.39. The van der Waals surface area contributed by atoms with Gasteiger partial charge in [-0.2, -0.15) is 0 Å². The summed E-state index contributed by atoms with van der Waals surface area (Å²) in [6, 6.07) is 0. The van der Waals surface area contributed by atoms with E-state index in [0.29, 0.717) is 5.41 Å². The normalized spacial score (nSPS) is 31.4. The molecule has 2 bridgehead atoms. The fourth-order valence-corrected chi connectivity index (χ4v) is 3.60. The van der Waals surface area contributed by atoms with Crippen molar-refractivity contribution in [1.82, 2.24) is 0 Å². The molecule has 2 unspecified atom stereocenters. The summed E-state index contributed by atoms with van der Waals surface area (Å²) in [5, 5.41) is 0. The highest BCUT2D eigenvalue weighted by Crippen LogP contribution is 2.51. The molecular formula is C16H28. The molecule has 16 heavy (non-hydrogen) atoms. The maximum absolute atomic E-state index is 2.55. The van der Waals surface area contributed by atoms with Crippen LogP contribution < -0.4 is 0 Å². The largest absolute Gasteiger partial charge is 0.0848 e. The molecule has 2 aliphatic carbocycles. The zero-order chi connectivity index (χ0) is 11.3. The van der Waals surface area contributed by atoms with Crippen LogP contribution >= 0.6 is 0 Å². The zero-order valence-corrected chi connectivity index (χ0v) is 11.0. The monoisotopic (exact) mass is 220 g/mol. The van der Waals surface area contributed by atoms with Crippen LogP contribution in [0.5, 0.6) is 0 Å².